The second kappa shape index (κ2) is 13.4. The van der Waals surface area contributed by atoms with Gasteiger partial charge < -0.3 is 14.8 Å². The quantitative estimate of drug-likeness (QED) is 0.240. The molecule has 3 aromatic rings. The highest BCUT2D eigenvalue weighted by Gasteiger charge is 2.37. The molecule has 2 amide bonds. The molecule has 0 spiro atoms. The number of benzene rings is 3. The third kappa shape index (κ3) is 10.6. The number of nitrogens with one attached hydrogen (secondary N) is 2. The van der Waals surface area contributed by atoms with Crippen LogP contribution in [0.1, 0.15) is 59.3 Å². The van der Waals surface area contributed by atoms with Crippen LogP contribution in [0.15, 0.2) is 66.7 Å². The van der Waals surface area contributed by atoms with Crippen LogP contribution in [-0.2, 0) is 28.4 Å². The number of ether oxygens (including phenoxy) is 2. The van der Waals surface area contributed by atoms with E-state index in [1.165, 1.54) is 48.5 Å². The first-order valence-corrected chi connectivity index (χ1v) is 12.9. The summed E-state index contributed by atoms with van der Waals surface area (Å²) in [6, 6.07) is 12.3. The predicted octanol–water partition coefficient (Wildman–Crippen LogP) is 7.94. The molecular formula is C30H29F7N2O4. The molecule has 0 saturated heterocycles. The predicted molar refractivity (Wildman–Crippen MR) is 144 cm³/mol. The van der Waals surface area contributed by atoms with Crippen molar-refractivity contribution in [3.05, 3.63) is 100 Å². The highest BCUT2D eigenvalue weighted by molar-refractivity contribution is 5.95. The van der Waals surface area contributed by atoms with Crippen molar-refractivity contribution in [3.63, 3.8) is 0 Å². The van der Waals surface area contributed by atoms with E-state index in [1.807, 2.05) is 0 Å². The Morgan fingerprint density at radius 2 is 1.37 bits per heavy atom. The van der Waals surface area contributed by atoms with Crippen LogP contribution in [0.4, 0.5) is 41.2 Å². The third-order valence-corrected chi connectivity index (χ3v) is 5.88. The second-order valence-electron chi connectivity index (χ2n) is 10.6. The Bertz CT molecular complexity index is 1370. The fourth-order valence-electron chi connectivity index (χ4n) is 3.87. The normalized spacial score (nSPS) is 12.9. The average Bonchev–Trinajstić information content (AvgIpc) is 2.89. The SMILES string of the molecule is CC(C)(C)OC(=O)Nc1ccc(C(=O)NCC(COCc2cc(C(F)(F)F)cc(C(F)(F)F)c2)c2ccc(F)cc2)cc1. The summed E-state index contributed by atoms with van der Waals surface area (Å²) in [5.74, 6) is -1.68. The summed E-state index contributed by atoms with van der Waals surface area (Å²) in [7, 11) is 0. The summed E-state index contributed by atoms with van der Waals surface area (Å²) >= 11 is 0. The summed E-state index contributed by atoms with van der Waals surface area (Å²) < 4.78 is 103. The number of alkyl halides is 6. The second-order valence-corrected chi connectivity index (χ2v) is 10.6. The maximum absolute atomic E-state index is 13.5. The summed E-state index contributed by atoms with van der Waals surface area (Å²) in [6.07, 6.45) is -10.7. The number of anilines is 1. The van der Waals surface area contributed by atoms with Gasteiger partial charge in [0.1, 0.15) is 11.4 Å². The lowest BCUT2D eigenvalue weighted by Crippen LogP contribution is -2.30. The Balaban J connectivity index is 1.68. The highest BCUT2D eigenvalue weighted by atomic mass is 19.4. The van der Waals surface area contributed by atoms with E-state index in [0.717, 1.165) is 0 Å². The van der Waals surface area contributed by atoms with Crippen molar-refractivity contribution in [1.82, 2.24) is 5.32 Å². The van der Waals surface area contributed by atoms with Gasteiger partial charge in [-0.1, -0.05) is 12.1 Å². The van der Waals surface area contributed by atoms with Gasteiger partial charge >= 0.3 is 18.4 Å². The molecular weight excluding hydrogens is 585 g/mol. The molecule has 0 heterocycles. The molecule has 13 heteroatoms. The Morgan fingerprint density at radius 3 is 1.88 bits per heavy atom. The van der Waals surface area contributed by atoms with Gasteiger partial charge in [0, 0.05) is 23.7 Å². The minimum Gasteiger partial charge on any atom is -0.444 e. The molecule has 0 aliphatic carbocycles. The molecule has 1 atom stereocenters. The molecule has 0 aliphatic rings. The number of carbonyl (C=O) groups excluding carboxylic acids is 2. The lowest BCUT2D eigenvalue weighted by Gasteiger charge is -2.20. The van der Waals surface area contributed by atoms with Gasteiger partial charge in [-0.3, -0.25) is 10.1 Å². The first-order chi connectivity index (χ1) is 19.9. The van der Waals surface area contributed by atoms with Gasteiger partial charge in [-0.2, -0.15) is 26.3 Å². The minimum atomic E-state index is -5.00. The number of rotatable bonds is 9. The van der Waals surface area contributed by atoms with Crippen LogP contribution in [0.2, 0.25) is 0 Å². The third-order valence-electron chi connectivity index (χ3n) is 5.88. The zero-order valence-corrected chi connectivity index (χ0v) is 23.3. The van der Waals surface area contributed by atoms with E-state index < -0.39 is 59.4 Å². The van der Waals surface area contributed by atoms with Crippen LogP contribution in [-0.4, -0.2) is 30.8 Å². The van der Waals surface area contributed by atoms with Crippen molar-refractivity contribution in [2.75, 3.05) is 18.5 Å². The van der Waals surface area contributed by atoms with E-state index in [-0.39, 0.29) is 30.3 Å². The van der Waals surface area contributed by atoms with Crippen molar-refractivity contribution < 1.29 is 49.8 Å². The Hall–Kier alpha value is -4.13. The van der Waals surface area contributed by atoms with Gasteiger partial charge in [0.05, 0.1) is 24.3 Å². The lowest BCUT2D eigenvalue weighted by molar-refractivity contribution is -0.143. The van der Waals surface area contributed by atoms with E-state index in [0.29, 0.717) is 23.4 Å². The first-order valence-electron chi connectivity index (χ1n) is 12.9. The van der Waals surface area contributed by atoms with Gasteiger partial charge in [0.15, 0.2) is 0 Å². The maximum atomic E-state index is 13.5. The molecule has 0 radical (unpaired) electrons. The maximum Gasteiger partial charge on any atom is 0.416 e. The number of hydrogen-bond acceptors (Lipinski definition) is 4. The number of halogens is 7. The topological polar surface area (TPSA) is 76.7 Å². The fourth-order valence-corrected chi connectivity index (χ4v) is 3.87. The zero-order chi connectivity index (χ0) is 32.0. The molecule has 6 nitrogen and oxygen atoms in total. The molecule has 3 aromatic carbocycles. The monoisotopic (exact) mass is 614 g/mol. The summed E-state index contributed by atoms with van der Waals surface area (Å²) in [6.45, 7) is 4.27. The lowest BCUT2D eigenvalue weighted by atomic mass is 9.99. The van der Waals surface area contributed by atoms with Crippen molar-refractivity contribution in [2.45, 2.75) is 51.2 Å². The largest absolute Gasteiger partial charge is 0.444 e. The van der Waals surface area contributed by atoms with Gasteiger partial charge in [0.2, 0.25) is 0 Å². The summed E-state index contributed by atoms with van der Waals surface area (Å²) in [5, 5.41) is 5.22. The summed E-state index contributed by atoms with van der Waals surface area (Å²) in [4.78, 5) is 24.7. The molecule has 0 saturated carbocycles. The van der Waals surface area contributed by atoms with Gasteiger partial charge in [-0.05, 0) is 86.5 Å². The molecule has 2 N–H and O–H groups in total. The van der Waals surface area contributed by atoms with Crippen molar-refractivity contribution in [3.8, 4) is 0 Å². The van der Waals surface area contributed by atoms with Gasteiger partial charge in [0.25, 0.3) is 5.91 Å². The molecule has 232 valence electrons. The molecule has 0 fully saturated rings. The van der Waals surface area contributed by atoms with Crippen LogP contribution in [0.5, 0.6) is 0 Å². The molecule has 0 aliphatic heterocycles. The molecule has 0 bridgehead atoms. The molecule has 43 heavy (non-hydrogen) atoms. The van der Waals surface area contributed by atoms with Crippen LogP contribution < -0.4 is 10.6 Å². The molecule has 0 aromatic heterocycles. The Labute approximate surface area is 243 Å². The zero-order valence-electron chi connectivity index (χ0n) is 23.3. The average molecular weight is 615 g/mol. The minimum absolute atomic E-state index is 0.0283. The van der Waals surface area contributed by atoms with Gasteiger partial charge in [-0.25, -0.2) is 9.18 Å². The molecule has 1 unspecified atom stereocenters. The van der Waals surface area contributed by atoms with Crippen LogP contribution >= 0.6 is 0 Å². The van der Waals surface area contributed by atoms with Crippen LogP contribution in [0, 0.1) is 5.82 Å². The van der Waals surface area contributed by atoms with Crippen LogP contribution in [0.25, 0.3) is 0 Å². The van der Waals surface area contributed by atoms with Crippen molar-refractivity contribution in [2.24, 2.45) is 0 Å². The van der Waals surface area contributed by atoms with E-state index in [2.05, 4.69) is 10.6 Å². The van der Waals surface area contributed by atoms with Crippen molar-refractivity contribution in [1.29, 1.82) is 0 Å². The van der Waals surface area contributed by atoms with E-state index in [1.54, 1.807) is 20.8 Å². The number of hydrogen-bond donors (Lipinski definition) is 2. The van der Waals surface area contributed by atoms with E-state index in [4.69, 9.17) is 9.47 Å². The Morgan fingerprint density at radius 1 is 0.814 bits per heavy atom. The standard InChI is InChI=1S/C30H29F7N2O4/c1-28(2,3)43-27(41)39-25-10-6-20(7-11-25)26(40)38-15-21(19-4-8-24(31)9-5-19)17-42-16-18-12-22(29(32,33)34)14-23(13-18)30(35,36)37/h4-14,21H,15-17H2,1-3H3,(H,38,40)(H,39,41). The Kier molecular flexibility index (Phi) is 10.4. The smallest absolute Gasteiger partial charge is 0.416 e. The first kappa shape index (κ1) is 33.4. The van der Waals surface area contributed by atoms with Gasteiger partial charge in [-0.15, -0.1) is 0 Å². The van der Waals surface area contributed by atoms with Crippen molar-refractivity contribution >= 4 is 17.7 Å². The number of amides is 2. The number of carbonyl (C=O) groups is 2. The highest BCUT2D eigenvalue weighted by Crippen LogP contribution is 2.36. The fraction of sp³-hybridized carbons (Fsp3) is 0.333. The molecule has 3 rings (SSSR count). The summed E-state index contributed by atoms with van der Waals surface area (Å²) in [5.41, 5.74) is -2.84. The van der Waals surface area contributed by atoms with Crippen LogP contribution in [0.3, 0.4) is 0 Å². The van der Waals surface area contributed by atoms with E-state index >= 15 is 0 Å². The van der Waals surface area contributed by atoms with E-state index in [9.17, 15) is 40.3 Å².